The lowest BCUT2D eigenvalue weighted by molar-refractivity contribution is -0.160. The van der Waals surface area contributed by atoms with Gasteiger partial charge in [-0.1, -0.05) is 5.16 Å². The van der Waals surface area contributed by atoms with Crippen LogP contribution in [0.5, 0.6) is 0 Å². The van der Waals surface area contributed by atoms with Gasteiger partial charge in [-0.25, -0.2) is 0 Å². The zero-order chi connectivity index (χ0) is 21.0. The summed E-state index contributed by atoms with van der Waals surface area (Å²) in [5.74, 6) is -2.94. The van der Waals surface area contributed by atoms with E-state index in [0.29, 0.717) is 13.2 Å². The topological polar surface area (TPSA) is 121 Å². The molecular formula is C16H27NO8S2. The molecule has 27 heavy (non-hydrogen) atoms. The molecule has 11 heteroatoms. The Morgan fingerprint density at radius 3 is 1.74 bits per heavy atom. The van der Waals surface area contributed by atoms with Crippen LogP contribution >= 0.6 is 25.3 Å². The second-order valence-electron chi connectivity index (χ2n) is 5.42. The number of nitrogens with zero attached hydrogens (tertiary/aromatic N) is 1. The molecular weight excluding hydrogens is 398 g/mol. The van der Waals surface area contributed by atoms with Crippen LogP contribution in [0.1, 0.15) is 40.5 Å². The summed E-state index contributed by atoms with van der Waals surface area (Å²) in [5.41, 5.74) is 0. The van der Waals surface area contributed by atoms with E-state index in [0.717, 1.165) is 0 Å². The first-order valence-corrected chi connectivity index (χ1v) is 9.47. The molecule has 4 atom stereocenters. The number of hydrogen-bond donors (Lipinski definition) is 3. The predicted molar refractivity (Wildman–Crippen MR) is 103 cm³/mol. The molecule has 9 nitrogen and oxygen atoms in total. The number of ether oxygens (including phenoxy) is 4. The van der Waals surface area contributed by atoms with Crippen molar-refractivity contribution in [3.05, 3.63) is 0 Å². The molecule has 156 valence electrons. The quantitative estimate of drug-likeness (QED) is 0.0868. The fraction of sp³-hybridized carbons (Fsp3) is 0.750. The van der Waals surface area contributed by atoms with E-state index in [1.54, 1.807) is 27.7 Å². The average Bonchev–Trinajstić information content (AvgIpc) is 2.63. The third-order valence-electron chi connectivity index (χ3n) is 3.32. The van der Waals surface area contributed by atoms with Gasteiger partial charge in [0, 0.05) is 19.6 Å². The molecule has 0 aromatic heterocycles. The van der Waals surface area contributed by atoms with Crippen LogP contribution in [-0.2, 0) is 33.3 Å². The molecule has 0 aromatic carbocycles. The number of thiol groups is 2. The first-order valence-electron chi connectivity index (χ1n) is 8.44. The van der Waals surface area contributed by atoms with Gasteiger partial charge in [-0.2, -0.15) is 25.3 Å². The minimum Gasteiger partial charge on any atom is -0.408 e. The molecule has 0 amide bonds. The average molecular weight is 426 g/mol. The lowest BCUT2D eigenvalue weighted by Gasteiger charge is -2.18. The largest absolute Gasteiger partial charge is 0.408 e. The van der Waals surface area contributed by atoms with Crippen molar-refractivity contribution in [3.63, 3.8) is 0 Å². The van der Waals surface area contributed by atoms with Crippen LogP contribution < -0.4 is 0 Å². The van der Waals surface area contributed by atoms with Crippen molar-refractivity contribution in [1.82, 2.24) is 0 Å². The van der Waals surface area contributed by atoms with Gasteiger partial charge in [0.15, 0.2) is 0 Å². The SMILES string of the molecule is CCOC(C)[C@H](S)C(=O)OC(=O)CC/C(=N/O)OC(=O)[C@@H](S)C(C)OCC. The van der Waals surface area contributed by atoms with Crippen molar-refractivity contribution >= 4 is 49.1 Å². The van der Waals surface area contributed by atoms with E-state index in [-0.39, 0.29) is 12.8 Å². The molecule has 0 spiro atoms. The fourth-order valence-corrected chi connectivity index (χ4v) is 2.10. The highest BCUT2D eigenvalue weighted by molar-refractivity contribution is 7.82. The van der Waals surface area contributed by atoms with Crippen molar-refractivity contribution in [3.8, 4) is 0 Å². The van der Waals surface area contributed by atoms with Gasteiger partial charge in [0.1, 0.15) is 10.5 Å². The predicted octanol–water partition coefficient (Wildman–Crippen LogP) is 1.61. The molecule has 0 aliphatic heterocycles. The third kappa shape index (κ3) is 9.99. The molecule has 0 saturated carbocycles. The Morgan fingerprint density at radius 2 is 1.33 bits per heavy atom. The zero-order valence-electron chi connectivity index (χ0n) is 15.8. The normalized spacial score (nSPS) is 16.1. The Bertz CT molecular complexity index is 529. The second kappa shape index (κ2) is 13.8. The number of carbonyl (C=O) groups is 3. The lowest BCUT2D eigenvalue weighted by Crippen LogP contribution is -2.33. The van der Waals surface area contributed by atoms with Gasteiger partial charge in [0.2, 0.25) is 5.90 Å². The van der Waals surface area contributed by atoms with Crippen molar-refractivity contribution in [2.45, 2.75) is 63.2 Å². The highest BCUT2D eigenvalue weighted by Gasteiger charge is 2.27. The molecule has 0 rings (SSSR count). The van der Waals surface area contributed by atoms with Crippen LogP contribution in [0, 0.1) is 0 Å². The second-order valence-corrected chi connectivity index (χ2v) is 6.53. The van der Waals surface area contributed by atoms with E-state index < -0.39 is 46.5 Å². The lowest BCUT2D eigenvalue weighted by atomic mass is 10.2. The summed E-state index contributed by atoms with van der Waals surface area (Å²) >= 11 is 8.14. The molecule has 0 saturated heterocycles. The molecule has 1 N–H and O–H groups in total. The van der Waals surface area contributed by atoms with Crippen molar-refractivity contribution in [1.29, 1.82) is 0 Å². The highest BCUT2D eigenvalue weighted by Crippen LogP contribution is 2.12. The summed E-state index contributed by atoms with van der Waals surface area (Å²) in [6, 6.07) is 0. The van der Waals surface area contributed by atoms with Crippen LogP contribution in [0.25, 0.3) is 0 Å². The van der Waals surface area contributed by atoms with Gasteiger partial charge in [0.05, 0.1) is 18.6 Å². The molecule has 0 aliphatic rings. The summed E-state index contributed by atoms with van der Waals surface area (Å²) in [6.45, 7) is 7.56. The van der Waals surface area contributed by atoms with Crippen LogP contribution in [0.15, 0.2) is 5.16 Å². The van der Waals surface area contributed by atoms with Crippen molar-refractivity contribution < 1.29 is 38.5 Å². The van der Waals surface area contributed by atoms with Crippen LogP contribution in [0.2, 0.25) is 0 Å². The maximum atomic E-state index is 11.9. The van der Waals surface area contributed by atoms with Crippen LogP contribution in [-0.4, -0.2) is 64.9 Å². The standard InChI is InChI=1S/C16H27NO8S2/c1-5-22-9(3)13(26)15(19)24-11(17-21)7-8-12(18)25-16(20)14(27)10(4)23-6-2/h9-10,13-14,21,26-27H,5-8H2,1-4H3/b17-11-/t9?,10?,13-,14-/m0/s1. The van der Waals surface area contributed by atoms with E-state index in [1.165, 1.54) is 0 Å². The van der Waals surface area contributed by atoms with Gasteiger partial charge in [-0.3, -0.25) is 14.4 Å². The summed E-state index contributed by atoms with van der Waals surface area (Å²) < 4.78 is 20.0. The Morgan fingerprint density at radius 1 is 0.889 bits per heavy atom. The Labute approximate surface area is 169 Å². The van der Waals surface area contributed by atoms with Gasteiger partial charge in [-0.15, -0.1) is 0 Å². The van der Waals surface area contributed by atoms with E-state index in [4.69, 9.17) is 19.4 Å². The van der Waals surface area contributed by atoms with Gasteiger partial charge in [0.25, 0.3) is 0 Å². The maximum Gasteiger partial charge on any atom is 0.329 e. The van der Waals surface area contributed by atoms with Crippen LogP contribution in [0.3, 0.4) is 0 Å². The van der Waals surface area contributed by atoms with Crippen molar-refractivity contribution in [2.24, 2.45) is 5.16 Å². The number of rotatable bonds is 11. The summed E-state index contributed by atoms with van der Waals surface area (Å²) in [4.78, 5) is 35.5. The Balaban J connectivity index is 4.48. The molecule has 0 fully saturated rings. The summed E-state index contributed by atoms with van der Waals surface area (Å²) in [6.07, 6.45) is -1.65. The van der Waals surface area contributed by atoms with Crippen molar-refractivity contribution in [2.75, 3.05) is 13.2 Å². The van der Waals surface area contributed by atoms with E-state index in [9.17, 15) is 14.4 Å². The minimum atomic E-state index is -0.928. The summed E-state index contributed by atoms with van der Waals surface area (Å²) in [7, 11) is 0. The molecule has 0 aliphatic carbocycles. The molecule has 0 bridgehead atoms. The first-order chi connectivity index (χ1) is 12.7. The van der Waals surface area contributed by atoms with Gasteiger partial charge >= 0.3 is 17.9 Å². The zero-order valence-corrected chi connectivity index (χ0v) is 17.6. The number of esters is 3. The highest BCUT2D eigenvalue weighted by atomic mass is 32.1. The fourth-order valence-electron chi connectivity index (χ4n) is 1.82. The third-order valence-corrected chi connectivity index (χ3v) is 4.58. The minimum absolute atomic E-state index is 0.254. The number of hydrogen-bond acceptors (Lipinski definition) is 11. The Kier molecular flexibility index (Phi) is 13.1. The molecule has 0 heterocycles. The molecule has 0 aromatic rings. The first kappa shape index (κ1) is 25.7. The summed E-state index contributed by atoms with van der Waals surface area (Å²) in [5, 5.41) is 9.92. The monoisotopic (exact) mass is 425 g/mol. The molecule has 0 radical (unpaired) electrons. The molecule has 2 unspecified atom stereocenters. The number of oxime groups is 1. The van der Waals surface area contributed by atoms with Gasteiger partial charge in [-0.05, 0) is 27.7 Å². The van der Waals surface area contributed by atoms with Gasteiger partial charge < -0.3 is 24.2 Å². The van der Waals surface area contributed by atoms with E-state index in [1.807, 2.05) is 0 Å². The maximum absolute atomic E-state index is 11.9. The Hall–Kier alpha value is -1.30. The van der Waals surface area contributed by atoms with Crippen LogP contribution in [0.4, 0.5) is 0 Å². The van der Waals surface area contributed by atoms with E-state index in [2.05, 4.69) is 35.2 Å². The van der Waals surface area contributed by atoms with E-state index >= 15 is 0 Å². The number of carbonyl (C=O) groups excluding carboxylic acids is 3. The smallest absolute Gasteiger partial charge is 0.329 e.